The maximum Gasteiger partial charge on any atom is 0.416 e. The van der Waals surface area contributed by atoms with Gasteiger partial charge in [-0.3, -0.25) is 4.79 Å². The lowest BCUT2D eigenvalue weighted by atomic mass is 9.80. The number of benzene rings is 2. The Bertz CT molecular complexity index is 792. The van der Waals surface area contributed by atoms with E-state index in [9.17, 15) is 18.0 Å². The highest BCUT2D eigenvalue weighted by molar-refractivity contribution is 5.89. The molecular formula is C22H25F3N2O. The van der Waals surface area contributed by atoms with Crippen molar-refractivity contribution in [2.45, 2.75) is 57.3 Å². The summed E-state index contributed by atoms with van der Waals surface area (Å²) in [5, 5.41) is 6.24. The van der Waals surface area contributed by atoms with Crippen molar-refractivity contribution >= 4 is 11.6 Å². The Morgan fingerprint density at radius 2 is 1.57 bits per heavy atom. The van der Waals surface area contributed by atoms with Crippen molar-refractivity contribution in [3.63, 3.8) is 0 Å². The minimum absolute atomic E-state index is 0.104. The van der Waals surface area contributed by atoms with E-state index in [1.54, 1.807) is 0 Å². The number of nitrogens with one attached hydrogen (secondary N) is 2. The minimum atomic E-state index is -4.37. The summed E-state index contributed by atoms with van der Waals surface area (Å²) in [5.41, 5.74) is 1.21. The lowest BCUT2D eigenvalue weighted by molar-refractivity contribution is -0.137. The summed E-state index contributed by atoms with van der Waals surface area (Å²) >= 11 is 0. The molecule has 0 unspecified atom stereocenters. The van der Waals surface area contributed by atoms with Crippen LogP contribution in [0, 0.1) is 6.92 Å². The lowest BCUT2D eigenvalue weighted by Gasteiger charge is -2.37. The molecule has 3 nitrogen and oxygen atoms in total. The predicted molar refractivity (Wildman–Crippen MR) is 104 cm³/mol. The van der Waals surface area contributed by atoms with Gasteiger partial charge >= 0.3 is 6.18 Å². The maximum absolute atomic E-state index is 13.0. The zero-order chi connectivity index (χ0) is 20.2. The zero-order valence-electron chi connectivity index (χ0n) is 15.9. The molecule has 2 aromatic carbocycles. The van der Waals surface area contributed by atoms with Gasteiger partial charge < -0.3 is 10.6 Å². The van der Waals surface area contributed by atoms with Crippen LogP contribution in [0.25, 0.3) is 0 Å². The molecule has 3 rings (SSSR count). The van der Waals surface area contributed by atoms with Crippen LogP contribution in [0.3, 0.4) is 0 Å². The van der Waals surface area contributed by atoms with Gasteiger partial charge in [-0.2, -0.15) is 13.2 Å². The summed E-state index contributed by atoms with van der Waals surface area (Å²) < 4.78 is 38.4. The second kappa shape index (κ2) is 8.25. The molecule has 0 radical (unpaired) electrons. The predicted octanol–water partition coefficient (Wildman–Crippen LogP) is 5.45. The van der Waals surface area contributed by atoms with Crippen LogP contribution in [0.15, 0.2) is 48.5 Å². The molecule has 2 aromatic rings. The molecule has 1 amide bonds. The van der Waals surface area contributed by atoms with Gasteiger partial charge in [-0.15, -0.1) is 0 Å². The molecule has 28 heavy (non-hydrogen) atoms. The smallest absolute Gasteiger partial charge is 0.371 e. The van der Waals surface area contributed by atoms with Crippen LogP contribution in [0.2, 0.25) is 0 Å². The van der Waals surface area contributed by atoms with Crippen molar-refractivity contribution in [2.75, 3.05) is 5.32 Å². The first-order valence-corrected chi connectivity index (χ1v) is 9.58. The average molecular weight is 390 g/mol. The van der Waals surface area contributed by atoms with E-state index in [0.717, 1.165) is 42.5 Å². The fourth-order valence-electron chi connectivity index (χ4n) is 3.64. The molecule has 0 atom stereocenters. The average Bonchev–Trinajstić information content (AvgIpc) is 2.68. The van der Waals surface area contributed by atoms with Crippen molar-refractivity contribution in [3.8, 4) is 0 Å². The highest BCUT2D eigenvalue weighted by atomic mass is 19.4. The third kappa shape index (κ3) is 4.86. The maximum atomic E-state index is 13.0. The Kier molecular flexibility index (Phi) is 5.96. The van der Waals surface area contributed by atoms with Crippen LogP contribution < -0.4 is 10.6 Å². The van der Waals surface area contributed by atoms with E-state index in [4.69, 9.17) is 0 Å². The fraction of sp³-hybridized carbons (Fsp3) is 0.409. The van der Waals surface area contributed by atoms with Gasteiger partial charge in [-0.1, -0.05) is 49.1 Å². The minimum Gasteiger partial charge on any atom is -0.371 e. The Morgan fingerprint density at radius 1 is 0.964 bits per heavy atom. The number of halogens is 3. The molecule has 0 heterocycles. The van der Waals surface area contributed by atoms with Gasteiger partial charge in [0, 0.05) is 12.2 Å². The molecule has 0 spiro atoms. The summed E-state index contributed by atoms with van der Waals surface area (Å²) in [6.45, 7) is 2.43. The first kappa shape index (κ1) is 20.2. The van der Waals surface area contributed by atoms with Crippen LogP contribution in [0.4, 0.5) is 18.9 Å². The number of alkyl halides is 3. The second-order valence-corrected chi connectivity index (χ2v) is 7.51. The molecule has 150 valence electrons. The molecule has 1 saturated carbocycles. The highest BCUT2D eigenvalue weighted by Crippen LogP contribution is 2.34. The van der Waals surface area contributed by atoms with Gasteiger partial charge in [0.05, 0.1) is 5.56 Å². The van der Waals surface area contributed by atoms with E-state index in [-0.39, 0.29) is 5.91 Å². The van der Waals surface area contributed by atoms with Crippen molar-refractivity contribution in [2.24, 2.45) is 0 Å². The number of aryl methyl sites for hydroxylation is 1. The summed E-state index contributed by atoms with van der Waals surface area (Å²) in [6.07, 6.45) is -0.174. The molecule has 0 aliphatic heterocycles. The number of amides is 1. The summed E-state index contributed by atoms with van der Waals surface area (Å²) in [4.78, 5) is 13.0. The largest absolute Gasteiger partial charge is 0.416 e. The van der Waals surface area contributed by atoms with Crippen molar-refractivity contribution < 1.29 is 18.0 Å². The van der Waals surface area contributed by atoms with Crippen LogP contribution in [0.5, 0.6) is 0 Å². The molecule has 0 saturated heterocycles. The quantitative estimate of drug-likeness (QED) is 0.713. The number of anilines is 1. The monoisotopic (exact) mass is 390 g/mol. The SMILES string of the molecule is Cc1ccc(CNC(=O)C2(Nc3ccc(C(F)(F)F)cc3)CCCCC2)cc1. The van der Waals surface area contributed by atoms with E-state index >= 15 is 0 Å². The van der Waals surface area contributed by atoms with Crippen LogP contribution in [-0.4, -0.2) is 11.4 Å². The van der Waals surface area contributed by atoms with E-state index in [1.165, 1.54) is 12.1 Å². The second-order valence-electron chi connectivity index (χ2n) is 7.51. The van der Waals surface area contributed by atoms with Gasteiger partial charge in [-0.25, -0.2) is 0 Å². The van der Waals surface area contributed by atoms with Crippen molar-refractivity contribution in [3.05, 3.63) is 65.2 Å². The van der Waals surface area contributed by atoms with Crippen molar-refractivity contribution in [1.29, 1.82) is 0 Å². The molecule has 1 aliphatic carbocycles. The van der Waals surface area contributed by atoms with Gasteiger partial charge in [0.2, 0.25) is 5.91 Å². The highest BCUT2D eigenvalue weighted by Gasteiger charge is 2.39. The molecule has 6 heteroatoms. The van der Waals surface area contributed by atoms with E-state index in [0.29, 0.717) is 25.1 Å². The number of rotatable bonds is 5. The lowest BCUT2D eigenvalue weighted by Crippen LogP contribution is -2.53. The summed E-state index contributed by atoms with van der Waals surface area (Å²) in [5.74, 6) is -0.104. The van der Waals surface area contributed by atoms with E-state index < -0.39 is 17.3 Å². The van der Waals surface area contributed by atoms with Gasteiger partial charge in [0.25, 0.3) is 0 Å². The third-order valence-corrected chi connectivity index (χ3v) is 5.31. The van der Waals surface area contributed by atoms with Crippen LogP contribution in [-0.2, 0) is 17.5 Å². The fourth-order valence-corrected chi connectivity index (χ4v) is 3.64. The number of carbonyl (C=O) groups is 1. The normalized spacial score (nSPS) is 16.4. The molecule has 0 bridgehead atoms. The Labute approximate surface area is 163 Å². The molecule has 1 aliphatic rings. The summed E-state index contributed by atoms with van der Waals surface area (Å²) in [6, 6.07) is 12.8. The Hall–Kier alpha value is -2.50. The van der Waals surface area contributed by atoms with Crippen molar-refractivity contribution in [1.82, 2.24) is 5.32 Å². The molecular weight excluding hydrogens is 365 g/mol. The number of hydrogen-bond acceptors (Lipinski definition) is 2. The van der Waals surface area contributed by atoms with Crippen LogP contribution >= 0.6 is 0 Å². The Morgan fingerprint density at radius 3 is 2.14 bits per heavy atom. The van der Waals surface area contributed by atoms with Gasteiger partial charge in [0.15, 0.2) is 0 Å². The first-order chi connectivity index (χ1) is 13.3. The first-order valence-electron chi connectivity index (χ1n) is 9.58. The van der Waals surface area contributed by atoms with E-state index in [1.807, 2.05) is 31.2 Å². The molecule has 1 fully saturated rings. The molecule has 2 N–H and O–H groups in total. The number of carbonyl (C=O) groups excluding carboxylic acids is 1. The third-order valence-electron chi connectivity index (χ3n) is 5.31. The van der Waals surface area contributed by atoms with Gasteiger partial charge in [0.1, 0.15) is 5.54 Å². The zero-order valence-corrected chi connectivity index (χ0v) is 15.9. The van der Waals surface area contributed by atoms with E-state index in [2.05, 4.69) is 10.6 Å². The standard InChI is InChI=1S/C22H25F3N2O/c1-16-5-7-17(8-6-16)15-26-20(28)21(13-3-2-4-14-21)27-19-11-9-18(10-12-19)22(23,24)25/h5-12,27H,2-4,13-15H2,1H3,(H,26,28). The topological polar surface area (TPSA) is 41.1 Å². The van der Waals surface area contributed by atoms with Gasteiger partial charge in [-0.05, 0) is 49.6 Å². The molecule has 0 aromatic heterocycles. The summed E-state index contributed by atoms with van der Waals surface area (Å²) in [7, 11) is 0. The Balaban J connectivity index is 1.72. The number of hydrogen-bond donors (Lipinski definition) is 2. The van der Waals surface area contributed by atoms with Crippen LogP contribution in [0.1, 0.15) is 48.8 Å².